The zero-order valence-electron chi connectivity index (χ0n) is 10.3. The Morgan fingerprint density at radius 2 is 2.20 bits per heavy atom. The van der Waals surface area contributed by atoms with Crippen LogP contribution in [0, 0.1) is 22.7 Å². The molecule has 0 spiro atoms. The standard InChI is InChI=1S/C14H21N/c1-5-6-12(10-15)13-7-11(2)8-14(3,4)9-13/h7-8,12H,5-6,9H2,1-4H3. The Hall–Kier alpha value is -1.03. The number of allylic oxidation sites excluding steroid dienone is 4. The molecule has 0 aromatic carbocycles. The minimum absolute atomic E-state index is 0.123. The van der Waals surface area contributed by atoms with Gasteiger partial charge in [0.1, 0.15) is 0 Å². The van der Waals surface area contributed by atoms with Crippen molar-refractivity contribution in [3.8, 4) is 6.07 Å². The van der Waals surface area contributed by atoms with Crippen molar-refractivity contribution in [1.29, 1.82) is 5.26 Å². The zero-order valence-corrected chi connectivity index (χ0v) is 10.3. The fourth-order valence-electron chi connectivity index (χ4n) is 2.42. The van der Waals surface area contributed by atoms with E-state index in [-0.39, 0.29) is 11.3 Å². The van der Waals surface area contributed by atoms with Crippen molar-refractivity contribution >= 4 is 0 Å². The smallest absolute Gasteiger partial charge is 0.0700 e. The molecule has 0 aromatic heterocycles. The maximum Gasteiger partial charge on any atom is 0.0700 e. The Kier molecular flexibility index (Phi) is 3.74. The summed E-state index contributed by atoms with van der Waals surface area (Å²) >= 11 is 0. The summed E-state index contributed by atoms with van der Waals surface area (Å²) in [6.45, 7) is 8.75. The van der Waals surface area contributed by atoms with Crippen LogP contribution >= 0.6 is 0 Å². The van der Waals surface area contributed by atoms with Crippen molar-refractivity contribution in [3.63, 3.8) is 0 Å². The normalized spacial score (nSPS) is 21.3. The zero-order chi connectivity index (χ0) is 11.5. The molecule has 1 aliphatic carbocycles. The molecule has 0 fully saturated rings. The van der Waals surface area contributed by atoms with Gasteiger partial charge in [-0.05, 0) is 25.2 Å². The molecule has 0 saturated heterocycles. The molecule has 1 heteroatoms. The predicted molar refractivity (Wildman–Crippen MR) is 64.2 cm³/mol. The summed E-state index contributed by atoms with van der Waals surface area (Å²) in [6, 6.07) is 2.44. The Labute approximate surface area is 93.5 Å². The molecule has 0 amide bonds. The van der Waals surface area contributed by atoms with Gasteiger partial charge in [-0.25, -0.2) is 0 Å². The lowest BCUT2D eigenvalue weighted by Gasteiger charge is -2.29. The van der Waals surface area contributed by atoms with Crippen LogP contribution in [0.4, 0.5) is 0 Å². The van der Waals surface area contributed by atoms with E-state index in [1.165, 1.54) is 11.1 Å². The van der Waals surface area contributed by atoms with Crippen molar-refractivity contribution in [3.05, 3.63) is 23.3 Å². The number of rotatable bonds is 3. The highest BCUT2D eigenvalue weighted by molar-refractivity contribution is 5.33. The van der Waals surface area contributed by atoms with E-state index in [2.05, 4.69) is 45.9 Å². The van der Waals surface area contributed by atoms with E-state index in [0.717, 1.165) is 19.3 Å². The molecule has 1 unspecified atom stereocenters. The van der Waals surface area contributed by atoms with Gasteiger partial charge in [-0.15, -0.1) is 0 Å². The van der Waals surface area contributed by atoms with E-state index in [9.17, 15) is 0 Å². The van der Waals surface area contributed by atoms with Crippen molar-refractivity contribution < 1.29 is 0 Å². The maximum absolute atomic E-state index is 9.16. The molecule has 0 N–H and O–H groups in total. The number of nitrogens with zero attached hydrogens (tertiary/aromatic N) is 1. The Morgan fingerprint density at radius 3 is 2.67 bits per heavy atom. The highest BCUT2D eigenvalue weighted by atomic mass is 14.3. The van der Waals surface area contributed by atoms with E-state index in [1.807, 2.05) is 0 Å². The molecule has 0 radical (unpaired) electrons. The molecule has 0 bridgehead atoms. The maximum atomic E-state index is 9.16. The monoisotopic (exact) mass is 203 g/mol. The van der Waals surface area contributed by atoms with Crippen molar-refractivity contribution in [2.75, 3.05) is 0 Å². The third-order valence-electron chi connectivity index (χ3n) is 2.87. The highest BCUT2D eigenvalue weighted by Crippen LogP contribution is 2.37. The van der Waals surface area contributed by atoms with Crippen molar-refractivity contribution in [2.45, 2.75) is 47.0 Å². The molecule has 1 rings (SSSR count). The number of hydrogen-bond acceptors (Lipinski definition) is 1. The van der Waals surface area contributed by atoms with Crippen LogP contribution in [0.15, 0.2) is 23.3 Å². The molecule has 0 heterocycles. The Bertz CT molecular complexity index is 326. The lowest BCUT2D eigenvalue weighted by molar-refractivity contribution is 0.441. The van der Waals surface area contributed by atoms with Crippen LogP contribution in [0.1, 0.15) is 47.0 Å². The van der Waals surface area contributed by atoms with Gasteiger partial charge in [-0.3, -0.25) is 0 Å². The van der Waals surface area contributed by atoms with Crippen LogP contribution in [0.3, 0.4) is 0 Å². The topological polar surface area (TPSA) is 23.8 Å². The van der Waals surface area contributed by atoms with Gasteiger partial charge in [0, 0.05) is 0 Å². The second-order valence-electron chi connectivity index (χ2n) is 5.24. The number of hydrogen-bond donors (Lipinski definition) is 0. The van der Waals surface area contributed by atoms with Gasteiger partial charge < -0.3 is 0 Å². The van der Waals surface area contributed by atoms with Gasteiger partial charge in [-0.2, -0.15) is 5.26 Å². The molecule has 82 valence electrons. The van der Waals surface area contributed by atoms with Gasteiger partial charge >= 0.3 is 0 Å². The molecule has 15 heavy (non-hydrogen) atoms. The van der Waals surface area contributed by atoms with Gasteiger partial charge in [0.15, 0.2) is 0 Å². The van der Waals surface area contributed by atoms with E-state index in [0.29, 0.717) is 0 Å². The first-order valence-corrected chi connectivity index (χ1v) is 5.78. The third-order valence-corrected chi connectivity index (χ3v) is 2.87. The lowest BCUT2D eigenvalue weighted by Crippen LogP contribution is -2.17. The van der Waals surface area contributed by atoms with E-state index in [4.69, 9.17) is 5.26 Å². The van der Waals surface area contributed by atoms with Crippen LogP contribution in [0.2, 0.25) is 0 Å². The quantitative estimate of drug-likeness (QED) is 0.673. The van der Waals surface area contributed by atoms with Crippen LogP contribution < -0.4 is 0 Å². The summed E-state index contributed by atoms with van der Waals surface area (Å²) in [5.41, 5.74) is 2.85. The van der Waals surface area contributed by atoms with Crippen LogP contribution in [-0.4, -0.2) is 0 Å². The molecule has 0 aliphatic heterocycles. The van der Waals surface area contributed by atoms with E-state index in [1.54, 1.807) is 0 Å². The largest absolute Gasteiger partial charge is 0.198 e. The summed E-state index contributed by atoms with van der Waals surface area (Å²) in [7, 11) is 0. The SMILES string of the molecule is CCCC(C#N)C1=CC(C)=CC(C)(C)C1. The first-order chi connectivity index (χ1) is 6.98. The van der Waals surface area contributed by atoms with Crippen LogP contribution in [0.5, 0.6) is 0 Å². The summed E-state index contributed by atoms with van der Waals surface area (Å²) in [6.07, 6.45) is 7.61. The Morgan fingerprint density at radius 1 is 1.53 bits per heavy atom. The molecular formula is C14H21N. The second kappa shape index (κ2) is 4.66. The van der Waals surface area contributed by atoms with Gasteiger partial charge in [-0.1, -0.05) is 50.5 Å². The first-order valence-electron chi connectivity index (χ1n) is 5.78. The van der Waals surface area contributed by atoms with Crippen molar-refractivity contribution in [1.82, 2.24) is 0 Å². The van der Waals surface area contributed by atoms with E-state index < -0.39 is 0 Å². The predicted octanol–water partition coefficient (Wildman–Crippen LogP) is 4.23. The lowest BCUT2D eigenvalue weighted by atomic mass is 9.75. The molecule has 1 nitrogen and oxygen atoms in total. The highest BCUT2D eigenvalue weighted by Gasteiger charge is 2.25. The average molecular weight is 203 g/mol. The third kappa shape index (κ3) is 3.23. The molecular weight excluding hydrogens is 182 g/mol. The fourth-order valence-corrected chi connectivity index (χ4v) is 2.42. The molecule has 1 aliphatic rings. The van der Waals surface area contributed by atoms with Crippen LogP contribution in [0.25, 0.3) is 0 Å². The Balaban J connectivity index is 2.88. The van der Waals surface area contributed by atoms with E-state index >= 15 is 0 Å². The minimum Gasteiger partial charge on any atom is -0.198 e. The summed E-state index contributed by atoms with van der Waals surface area (Å²) < 4.78 is 0. The van der Waals surface area contributed by atoms with Gasteiger partial charge in [0.05, 0.1) is 12.0 Å². The summed E-state index contributed by atoms with van der Waals surface area (Å²) in [5.74, 6) is 0.123. The van der Waals surface area contributed by atoms with Crippen molar-refractivity contribution in [2.24, 2.45) is 11.3 Å². The molecule has 1 atom stereocenters. The van der Waals surface area contributed by atoms with Crippen LogP contribution in [-0.2, 0) is 0 Å². The average Bonchev–Trinajstić information content (AvgIpc) is 2.10. The van der Waals surface area contributed by atoms with Gasteiger partial charge in [0.25, 0.3) is 0 Å². The first kappa shape index (κ1) is 12.0. The fraction of sp³-hybridized carbons (Fsp3) is 0.643. The minimum atomic E-state index is 0.123. The summed E-state index contributed by atoms with van der Waals surface area (Å²) in [5, 5.41) is 9.16. The van der Waals surface area contributed by atoms with Gasteiger partial charge in [0.2, 0.25) is 0 Å². The second-order valence-corrected chi connectivity index (χ2v) is 5.24. The summed E-state index contributed by atoms with van der Waals surface area (Å²) in [4.78, 5) is 0. The molecule has 0 saturated carbocycles. The molecule has 0 aromatic rings. The number of nitriles is 1.